The second kappa shape index (κ2) is 6.09. The first-order valence-corrected chi connectivity index (χ1v) is 7.08. The molecule has 0 atom stereocenters. The van der Waals surface area contributed by atoms with Crippen LogP contribution >= 0.6 is 11.8 Å². The molecule has 1 aromatic heterocycles. The molecule has 6 heteroatoms. The van der Waals surface area contributed by atoms with E-state index in [0.717, 1.165) is 10.5 Å². The fraction of sp³-hybridized carbons (Fsp3) is 0.357. The lowest BCUT2D eigenvalue weighted by molar-refractivity contribution is 0.395. The van der Waals surface area contributed by atoms with Crippen molar-refractivity contribution in [2.75, 3.05) is 20.0 Å². The van der Waals surface area contributed by atoms with E-state index in [1.807, 2.05) is 12.1 Å². The molecular formula is C14H18N2O3S. The lowest BCUT2D eigenvalue weighted by Crippen LogP contribution is -1.96. The van der Waals surface area contributed by atoms with Gasteiger partial charge in [0.15, 0.2) is 0 Å². The van der Waals surface area contributed by atoms with Gasteiger partial charge in [-0.25, -0.2) is 0 Å². The molecule has 2 rings (SSSR count). The maximum atomic E-state index is 5.79. The van der Waals surface area contributed by atoms with Crippen LogP contribution in [0.15, 0.2) is 27.7 Å². The molecule has 0 amide bonds. The van der Waals surface area contributed by atoms with Crippen LogP contribution in [0.3, 0.4) is 0 Å². The number of nitrogens with zero attached hydrogens (tertiary/aromatic N) is 1. The molecule has 2 N–H and O–H groups in total. The van der Waals surface area contributed by atoms with Crippen molar-refractivity contribution < 1.29 is 14.0 Å². The molecule has 0 aliphatic heterocycles. The monoisotopic (exact) mass is 294 g/mol. The molecule has 5 nitrogen and oxygen atoms in total. The smallest absolute Gasteiger partial charge is 0.230 e. The summed E-state index contributed by atoms with van der Waals surface area (Å²) in [5.41, 5.74) is 7.21. The van der Waals surface area contributed by atoms with E-state index in [0.29, 0.717) is 22.3 Å². The highest BCUT2D eigenvalue weighted by molar-refractivity contribution is 7.99. The zero-order valence-electron chi connectivity index (χ0n) is 12.0. The Balaban J connectivity index is 2.58. The van der Waals surface area contributed by atoms with E-state index < -0.39 is 0 Å². The lowest BCUT2D eigenvalue weighted by Gasteiger charge is -2.15. The first-order valence-electron chi connectivity index (χ1n) is 6.20. The van der Waals surface area contributed by atoms with E-state index in [4.69, 9.17) is 19.7 Å². The SMILES string of the molecule is COc1cc(SC(C)C)cc(OC)c1-c1cnoc1N. The third kappa shape index (κ3) is 2.85. The second-order valence-corrected chi connectivity index (χ2v) is 6.12. The van der Waals surface area contributed by atoms with Crippen molar-refractivity contribution in [3.05, 3.63) is 18.3 Å². The summed E-state index contributed by atoms with van der Waals surface area (Å²) in [6, 6.07) is 3.93. The Morgan fingerprint density at radius 1 is 1.20 bits per heavy atom. The molecule has 0 aliphatic carbocycles. The van der Waals surface area contributed by atoms with Gasteiger partial charge in [-0.2, -0.15) is 0 Å². The molecule has 0 fully saturated rings. The van der Waals surface area contributed by atoms with Crippen LogP contribution in [0.2, 0.25) is 0 Å². The maximum Gasteiger partial charge on any atom is 0.230 e. The number of thioether (sulfide) groups is 1. The number of aromatic nitrogens is 1. The normalized spacial score (nSPS) is 10.8. The molecule has 0 spiro atoms. The number of benzene rings is 1. The third-order valence-corrected chi connectivity index (χ3v) is 3.70. The van der Waals surface area contributed by atoms with Gasteiger partial charge in [0.2, 0.25) is 5.88 Å². The highest BCUT2D eigenvalue weighted by Gasteiger charge is 2.19. The third-order valence-electron chi connectivity index (χ3n) is 2.72. The van der Waals surface area contributed by atoms with Crippen LogP contribution in [0.4, 0.5) is 5.88 Å². The maximum absolute atomic E-state index is 5.79. The van der Waals surface area contributed by atoms with Gasteiger partial charge in [0.25, 0.3) is 0 Å². The van der Waals surface area contributed by atoms with Gasteiger partial charge in [0.1, 0.15) is 11.5 Å². The highest BCUT2D eigenvalue weighted by atomic mass is 32.2. The van der Waals surface area contributed by atoms with Crippen LogP contribution < -0.4 is 15.2 Å². The second-order valence-electron chi connectivity index (χ2n) is 4.47. The summed E-state index contributed by atoms with van der Waals surface area (Å²) in [5.74, 6) is 1.61. The minimum atomic E-state index is 0.242. The Labute approximate surface area is 122 Å². The number of nitrogen functional groups attached to an aromatic ring is 1. The van der Waals surface area contributed by atoms with Crippen molar-refractivity contribution in [2.24, 2.45) is 0 Å². The summed E-state index contributed by atoms with van der Waals surface area (Å²) in [6.07, 6.45) is 1.56. The van der Waals surface area contributed by atoms with Crippen LogP contribution in [-0.4, -0.2) is 24.6 Å². The molecule has 20 heavy (non-hydrogen) atoms. The number of nitrogens with two attached hydrogens (primary N) is 1. The van der Waals surface area contributed by atoms with Crippen LogP contribution in [0.25, 0.3) is 11.1 Å². The van der Waals surface area contributed by atoms with Crippen molar-refractivity contribution in [1.82, 2.24) is 5.16 Å². The van der Waals surface area contributed by atoms with Crippen LogP contribution in [0, 0.1) is 0 Å². The summed E-state index contributed by atoms with van der Waals surface area (Å²) in [7, 11) is 3.23. The molecule has 0 aliphatic rings. The summed E-state index contributed by atoms with van der Waals surface area (Å²) in [6.45, 7) is 4.27. The van der Waals surface area contributed by atoms with Crippen molar-refractivity contribution in [3.63, 3.8) is 0 Å². The average molecular weight is 294 g/mol. The van der Waals surface area contributed by atoms with Gasteiger partial charge in [-0.05, 0) is 12.1 Å². The Morgan fingerprint density at radius 2 is 1.80 bits per heavy atom. The van der Waals surface area contributed by atoms with Crippen LogP contribution in [0.1, 0.15) is 13.8 Å². The fourth-order valence-corrected chi connectivity index (χ4v) is 2.82. The zero-order chi connectivity index (χ0) is 14.7. The van der Waals surface area contributed by atoms with Crippen LogP contribution in [0.5, 0.6) is 11.5 Å². The molecule has 0 saturated carbocycles. The van der Waals surface area contributed by atoms with Crippen molar-refractivity contribution in [1.29, 1.82) is 0 Å². The van der Waals surface area contributed by atoms with E-state index in [1.54, 1.807) is 32.2 Å². The van der Waals surface area contributed by atoms with Crippen molar-refractivity contribution >= 4 is 17.6 Å². The van der Waals surface area contributed by atoms with E-state index in [9.17, 15) is 0 Å². The van der Waals surface area contributed by atoms with Gasteiger partial charge in [-0.3, -0.25) is 0 Å². The Hall–Kier alpha value is -1.82. The van der Waals surface area contributed by atoms with Crippen molar-refractivity contribution in [2.45, 2.75) is 24.0 Å². The first-order chi connectivity index (χ1) is 9.56. The zero-order valence-corrected chi connectivity index (χ0v) is 12.8. The Morgan fingerprint density at radius 3 is 2.20 bits per heavy atom. The average Bonchev–Trinajstić information content (AvgIpc) is 2.82. The van der Waals surface area contributed by atoms with E-state index in [1.165, 1.54) is 0 Å². The number of hydrogen-bond donors (Lipinski definition) is 1. The number of hydrogen-bond acceptors (Lipinski definition) is 6. The van der Waals surface area contributed by atoms with E-state index >= 15 is 0 Å². The van der Waals surface area contributed by atoms with E-state index in [-0.39, 0.29) is 5.88 Å². The lowest BCUT2D eigenvalue weighted by atomic mass is 10.1. The predicted octanol–water partition coefficient (Wildman–Crippen LogP) is 3.44. The molecule has 0 unspecified atom stereocenters. The first kappa shape index (κ1) is 14.6. The molecule has 0 radical (unpaired) electrons. The molecule has 1 aromatic carbocycles. The van der Waals surface area contributed by atoms with Gasteiger partial charge in [0.05, 0.1) is 31.5 Å². The number of anilines is 1. The number of methoxy groups -OCH3 is 2. The molecular weight excluding hydrogens is 276 g/mol. The number of ether oxygens (including phenoxy) is 2. The van der Waals surface area contributed by atoms with Crippen LogP contribution in [-0.2, 0) is 0 Å². The predicted molar refractivity (Wildman–Crippen MR) is 80.4 cm³/mol. The Kier molecular flexibility index (Phi) is 4.44. The summed E-state index contributed by atoms with van der Waals surface area (Å²) < 4.78 is 15.9. The molecule has 2 aromatic rings. The van der Waals surface area contributed by atoms with Crippen molar-refractivity contribution in [3.8, 4) is 22.6 Å². The summed E-state index contributed by atoms with van der Waals surface area (Å²) in [4.78, 5) is 1.08. The van der Waals surface area contributed by atoms with E-state index in [2.05, 4.69) is 19.0 Å². The highest BCUT2D eigenvalue weighted by Crippen LogP contribution is 2.44. The fourth-order valence-electron chi connectivity index (χ4n) is 1.93. The minimum absolute atomic E-state index is 0.242. The molecule has 108 valence electrons. The van der Waals surface area contributed by atoms with Gasteiger partial charge in [0, 0.05) is 10.1 Å². The number of rotatable bonds is 5. The summed E-state index contributed by atoms with van der Waals surface area (Å²) in [5, 5.41) is 4.17. The molecule has 0 saturated heterocycles. The van der Waals surface area contributed by atoms with Gasteiger partial charge < -0.3 is 19.7 Å². The molecule has 1 heterocycles. The van der Waals surface area contributed by atoms with Gasteiger partial charge in [-0.1, -0.05) is 19.0 Å². The topological polar surface area (TPSA) is 70.5 Å². The van der Waals surface area contributed by atoms with Gasteiger partial charge in [-0.15, -0.1) is 11.8 Å². The molecule has 0 bridgehead atoms. The quantitative estimate of drug-likeness (QED) is 0.852. The Bertz CT molecular complexity index is 571. The minimum Gasteiger partial charge on any atom is -0.496 e. The standard InChI is InChI=1S/C14H18N2O3S/c1-8(2)20-9-5-11(17-3)13(12(6-9)18-4)10-7-16-19-14(10)15/h5-8H,15H2,1-4H3. The largest absolute Gasteiger partial charge is 0.496 e. The van der Waals surface area contributed by atoms with Gasteiger partial charge >= 0.3 is 0 Å². The summed E-state index contributed by atoms with van der Waals surface area (Å²) >= 11 is 1.74.